The van der Waals surface area contributed by atoms with Crippen molar-refractivity contribution in [1.82, 2.24) is 5.32 Å². The average molecular weight is 318 g/mol. The lowest BCUT2D eigenvalue weighted by molar-refractivity contribution is -0.114. The van der Waals surface area contributed by atoms with Crippen LogP contribution in [0, 0.1) is 5.92 Å². The molecule has 3 N–H and O–H groups in total. The standard InChI is InChI=1S/C18H26N2O3/c1-13(22)19-16-9-5-8-15(12-16)18(23)20-17(10-11-21)14-6-3-2-4-7-14/h5,8-9,12,14,17,21H,2-4,6-7,10-11H2,1H3,(H,19,22)(H,20,23). The molecule has 1 aliphatic carbocycles. The minimum Gasteiger partial charge on any atom is -0.396 e. The molecule has 0 bridgehead atoms. The van der Waals surface area contributed by atoms with Gasteiger partial charge in [-0.15, -0.1) is 0 Å². The molecule has 1 unspecified atom stereocenters. The Morgan fingerprint density at radius 2 is 2.00 bits per heavy atom. The molecule has 1 fully saturated rings. The van der Waals surface area contributed by atoms with E-state index in [9.17, 15) is 14.7 Å². The molecule has 1 aromatic rings. The highest BCUT2D eigenvalue weighted by Gasteiger charge is 2.25. The van der Waals surface area contributed by atoms with Gasteiger partial charge in [0, 0.05) is 30.8 Å². The van der Waals surface area contributed by atoms with Gasteiger partial charge in [-0.2, -0.15) is 0 Å². The van der Waals surface area contributed by atoms with E-state index in [1.807, 2.05) is 0 Å². The zero-order chi connectivity index (χ0) is 16.7. The first-order valence-corrected chi connectivity index (χ1v) is 8.39. The van der Waals surface area contributed by atoms with Crippen molar-refractivity contribution in [2.75, 3.05) is 11.9 Å². The number of aliphatic hydroxyl groups excluding tert-OH is 1. The number of hydrogen-bond acceptors (Lipinski definition) is 3. The molecule has 1 atom stereocenters. The zero-order valence-electron chi connectivity index (χ0n) is 13.7. The molecular formula is C18H26N2O3. The van der Waals surface area contributed by atoms with Crippen molar-refractivity contribution in [2.45, 2.75) is 51.5 Å². The minimum atomic E-state index is -0.164. The lowest BCUT2D eigenvalue weighted by Gasteiger charge is -2.30. The van der Waals surface area contributed by atoms with E-state index in [2.05, 4.69) is 10.6 Å². The summed E-state index contributed by atoms with van der Waals surface area (Å²) < 4.78 is 0. The Balaban J connectivity index is 2.04. The Morgan fingerprint density at radius 3 is 2.65 bits per heavy atom. The summed E-state index contributed by atoms with van der Waals surface area (Å²) in [4.78, 5) is 23.6. The van der Waals surface area contributed by atoms with E-state index in [1.165, 1.54) is 26.2 Å². The van der Waals surface area contributed by atoms with Crippen molar-refractivity contribution in [3.63, 3.8) is 0 Å². The van der Waals surface area contributed by atoms with E-state index < -0.39 is 0 Å². The fourth-order valence-corrected chi connectivity index (χ4v) is 3.29. The van der Waals surface area contributed by atoms with E-state index in [1.54, 1.807) is 24.3 Å². The van der Waals surface area contributed by atoms with Crippen molar-refractivity contribution in [3.05, 3.63) is 29.8 Å². The van der Waals surface area contributed by atoms with E-state index in [0.29, 0.717) is 23.6 Å². The molecule has 126 valence electrons. The molecule has 0 aliphatic heterocycles. The van der Waals surface area contributed by atoms with Crippen LogP contribution in [0.3, 0.4) is 0 Å². The predicted molar refractivity (Wildman–Crippen MR) is 90.3 cm³/mol. The molecule has 0 saturated heterocycles. The van der Waals surface area contributed by atoms with Crippen LogP contribution in [0.2, 0.25) is 0 Å². The Labute approximate surface area is 137 Å². The molecule has 2 rings (SSSR count). The van der Waals surface area contributed by atoms with Gasteiger partial charge in [-0.05, 0) is 43.4 Å². The lowest BCUT2D eigenvalue weighted by Crippen LogP contribution is -2.41. The third-order valence-corrected chi connectivity index (χ3v) is 4.42. The van der Waals surface area contributed by atoms with Crippen LogP contribution in [0.25, 0.3) is 0 Å². The first-order valence-electron chi connectivity index (χ1n) is 8.39. The molecule has 0 radical (unpaired) electrons. The van der Waals surface area contributed by atoms with E-state index in [0.717, 1.165) is 12.8 Å². The fourth-order valence-electron chi connectivity index (χ4n) is 3.29. The first kappa shape index (κ1) is 17.5. The van der Waals surface area contributed by atoms with E-state index >= 15 is 0 Å². The van der Waals surface area contributed by atoms with Crippen LogP contribution in [0.5, 0.6) is 0 Å². The van der Waals surface area contributed by atoms with Crippen molar-refractivity contribution in [1.29, 1.82) is 0 Å². The molecule has 0 aromatic heterocycles. The van der Waals surface area contributed by atoms with Crippen LogP contribution < -0.4 is 10.6 Å². The highest BCUT2D eigenvalue weighted by molar-refractivity contribution is 5.96. The SMILES string of the molecule is CC(=O)Nc1cccc(C(=O)NC(CCO)C2CCCCC2)c1. The number of amides is 2. The van der Waals surface area contributed by atoms with Gasteiger partial charge in [0.25, 0.3) is 5.91 Å². The number of carbonyl (C=O) groups excluding carboxylic acids is 2. The van der Waals surface area contributed by atoms with Gasteiger partial charge < -0.3 is 15.7 Å². The Bertz CT molecular complexity index is 539. The second-order valence-electron chi connectivity index (χ2n) is 6.25. The number of rotatable bonds is 6. The van der Waals surface area contributed by atoms with Gasteiger partial charge in [0.2, 0.25) is 5.91 Å². The number of aliphatic hydroxyl groups is 1. The number of nitrogens with one attached hydrogen (secondary N) is 2. The second-order valence-corrected chi connectivity index (χ2v) is 6.25. The maximum Gasteiger partial charge on any atom is 0.251 e. The number of carbonyl (C=O) groups is 2. The molecular weight excluding hydrogens is 292 g/mol. The van der Waals surface area contributed by atoms with E-state index in [4.69, 9.17) is 0 Å². The quantitative estimate of drug-likeness (QED) is 0.754. The van der Waals surface area contributed by atoms with Gasteiger partial charge in [0.1, 0.15) is 0 Å². The van der Waals surface area contributed by atoms with E-state index in [-0.39, 0.29) is 24.5 Å². The summed E-state index contributed by atoms with van der Waals surface area (Å²) in [7, 11) is 0. The zero-order valence-corrected chi connectivity index (χ0v) is 13.7. The Hall–Kier alpha value is -1.88. The van der Waals surface area contributed by atoms with Crippen molar-refractivity contribution >= 4 is 17.5 Å². The van der Waals surface area contributed by atoms with Crippen molar-refractivity contribution in [3.8, 4) is 0 Å². The number of anilines is 1. The summed E-state index contributed by atoms with van der Waals surface area (Å²) in [6.45, 7) is 1.51. The summed E-state index contributed by atoms with van der Waals surface area (Å²) in [5, 5.41) is 15.1. The van der Waals surface area contributed by atoms with Gasteiger partial charge >= 0.3 is 0 Å². The largest absolute Gasteiger partial charge is 0.396 e. The monoisotopic (exact) mass is 318 g/mol. The molecule has 5 heteroatoms. The lowest BCUT2D eigenvalue weighted by atomic mass is 9.82. The summed E-state index contributed by atoms with van der Waals surface area (Å²) in [5.74, 6) is 0.127. The van der Waals surface area contributed by atoms with Gasteiger partial charge in [0.05, 0.1) is 0 Å². The fraction of sp³-hybridized carbons (Fsp3) is 0.556. The molecule has 2 amide bonds. The summed E-state index contributed by atoms with van der Waals surface area (Å²) in [6, 6.07) is 6.93. The van der Waals surface area contributed by atoms with Gasteiger partial charge in [-0.1, -0.05) is 25.3 Å². The maximum absolute atomic E-state index is 12.5. The van der Waals surface area contributed by atoms with Crippen LogP contribution in [-0.2, 0) is 4.79 Å². The topological polar surface area (TPSA) is 78.4 Å². The molecule has 23 heavy (non-hydrogen) atoms. The molecule has 0 spiro atoms. The summed E-state index contributed by atoms with van der Waals surface area (Å²) in [5.41, 5.74) is 1.14. The molecule has 1 aromatic carbocycles. The predicted octanol–water partition coefficient (Wildman–Crippen LogP) is 2.71. The second kappa shape index (κ2) is 8.67. The normalized spacial score (nSPS) is 16.6. The average Bonchev–Trinajstić information content (AvgIpc) is 2.55. The van der Waals surface area contributed by atoms with Crippen LogP contribution in [0.4, 0.5) is 5.69 Å². The van der Waals surface area contributed by atoms with Crippen molar-refractivity contribution in [2.24, 2.45) is 5.92 Å². The highest BCUT2D eigenvalue weighted by Crippen LogP contribution is 2.28. The Morgan fingerprint density at radius 1 is 1.26 bits per heavy atom. The van der Waals surface area contributed by atoms with Crippen molar-refractivity contribution < 1.29 is 14.7 Å². The van der Waals surface area contributed by atoms with Crippen LogP contribution in [0.15, 0.2) is 24.3 Å². The smallest absolute Gasteiger partial charge is 0.251 e. The molecule has 0 heterocycles. The van der Waals surface area contributed by atoms with Crippen LogP contribution in [0.1, 0.15) is 55.8 Å². The van der Waals surface area contributed by atoms with Gasteiger partial charge in [-0.3, -0.25) is 9.59 Å². The molecule has 1 aliphatic rings. The van der Waals surface area contributed by atoms with Crippen LogP contribution in [-0.4, -0.2) is 29.6 Å². The minimum absolute atomic E-state index is 0.0113. The van der Waals surface area contributed by atoms with Gasteiger partial charge in [0.15, 0.2) is 0 Å². The third-order valence-electron chi connectivity index (χ3n) is 4.42. The maximum atomic E-state index is 12.5. The first-order chi connectivity index (χ1) is 11.1. The number of benzene rings is 1. The molecule has 1 saturated carbocycles. The Kier molecular flexibility index (Phi) is 6.59. The van der Waals surface area contributed by atoms with Crippen LogP contribution >= 0.6 is 0 Å². The van der Waals surface area contributed by atoms with Gasteiger partial charge in [-0.25, -0.2) is 0 Å². The third kappa shape index (κ3) is 5.36. The highest BCUT2D eigenvalue weighted by atomic mass is 16.3. The summed E-state index contributed by atoms with van der Waals surface area (Å²) >= 11 is 0. The number of hydrogen-bond donors (Lipinski definition) is 3. The molecule has 5 nitrogen and oxygen atoms in total. The summed E-state index contributed by atoms with van der Waals surface area (Å²) in [6.07, 6.45) is 6.45.